The van der Waals surface area contributed by atoms with Crippen molar-refractivity contribution in [1.82, 2.24) is 10.1 Å². The molecule has 0 N–H and O–H groups in total. The van der Waals surface area contributed by atoms with E-state index in [0.29, 0.717) is 5.92 Å². The molecule has 4 nitrogen and oxygen atoms in total. The molecule has 1 atom stereocenters. The van der Waals surface area contributed by atoms with Gasteiger partial charge in [-0.25, -0.2) is 0 Å². The van der Waals surface area contributed by atoms with Gasteiger partial charge in [0, 0.05) is 18.9 Å². The van der Waals surface area contributed by atoms with E-state index in [-0.39, 0.29) is 0 Å². The third-order valence-electron chi connectivity index (χ3n) is 4.07. The molecule has 0 amide bonds. The van der Waals surface area contributed by atoms with E-state index in [1.165, 1.54) is 11.1 Å². The summed E-state index contributed by atoms with van der Waals surface area (Å²) in [6.45, 7) is 3.71. The van der Waals surface area contributed by atoms with Gasteiger partial charge in [0.15, 0.2) is 5.82 Å². The molecule has 2 heterocycles. The van der Waals surface area contributed by atoms with Crippen molar-refractivity contribution in [3.63, 3.8) is 0 Å². The molecule has 1 fully saturated rings. The second-order valence-corrected chi connectivity index (χ2v) is 5.63. The van der Waals surface area contributed by atoms with Gasteiger partial charge in [-0.15, -0.1) is 0 Å². The summed E-state index contributed by atoms with van der Waals surface area (Å²) in [5.41, 5.74) is 2.76. The number of benzene rings is 1. The largest absolute Gasteiger partial charge is 0.381 e. The summed E-state index contributed by atoms with van der Waals surface area (Å²) in [6.07, 6.45) is 5.03. The van der Waals surface area contributed by atoms with Gasteiger partial charge < -0.3 is 9.26 Å². The predicted molar refractivity (Wildman–Crippen MR) is 80.3 cm³/mol. The average molecular weight is 286 g/mol. The maximum atomic E-state index is 5.36. The minimum atomic E-state index is 0.323. The molecule has 3 rings (SSSR count). The molecule has 0 aliphatic carbocycles. The molecule has 0 saturated carbocycles. The van der Waals surface area contributed by atoms with Crippen LogP contribution in [0.15, 0.2) is 28.8 Å². The lowest BCUT2D eigenvalue weighted by atomic mass is 10.1. The number of rotatable bonds is 6. The zero-order valence-electron chi connectivity index (χ0n) is 12.5. The van der Waals surface area contributed by atoms with Crippen molar-refractivity contribution in [2.24, 2.45) is 0 Å². The highest BCUT2D eigenvalue weighted by Crippen LogP contribution is 2.22. The molecule has 1 aliphatic rings. The first kappa shape index (κ1) is 14.3. The van der Waals surface area contributed by atoms with E-state index >= 15 is 0 Å². The quantitative estimate of drug-likeness (QED) is 0.817. The Morgan fingerprint density at radius 3 is 2.67 bits per heavy atom. The van der Waals surface area contributed by atoms with E-state index in [1.807, 2.05) is 0 Å². The van der Waals surface area contributed by atoms with E-state index in [9.17, 15) is 0 Å². The highest BCUT2D eigenvalue weighted by molar-refractivity contribution is 5.22. The maximum absolute atomic E-state index is 5.36. The number of aryl methyl sites for hydroxylation is 3. The van der Waals surface area contributed by atoms with Gasteiger partial charge >= 0.3 is 0 Å². The topological polar surface area (TPSA) is 48.2 Å². The minimum Gasteiger partial charge on any atom is -0.381 e. The van der Waals surface area contributed by atoms with Crippen LogP contribution in [0.25, 0.3) is 0 Å². The number of nitrogens with zero attached hydrogens (tertiary/aromatic N) is 2. The lowest BCUT2D eigenvalue weighted by Gasteiger charge is -2.01. The molecule has 0 radical (unpaired) electrons. The van der Waals surface area contributed by atoms with Crippen LogP contribution in [0, 0.1) is 0 Å². The van der Waals surface area contributed by atoms with Crippen LogP contribution in [0.5, 0.6) is 0 Å². The smallest absolute Gasteiger partial charge is 0.226 e. The van der Waals surface area contributed by atoms with E-state index in [1.54, 1.807) is 0 Å². The van der Waals surface area contributed by atoms with Crippen LogP contribution < -0.4 is 0 Å². The van der Waals surface area contributed by atoms with E-state index in [2.05, 4.69) is 41.3 Å². The van der Waals surface area contributed by atoms with Gasteiger partial charge in [0.1, 0.15) is 0 Å². The average Bonchev–Trinajstić information content (AvgIpc) is 3.19. The zero-order valence-corrected chi connectivity index (χ0v) is 12.5. The first-order valence-electron chi connectivity index (χ1n) is 7.83. The first-order chi connectivity index (χ1) is 10.3. The summed E-state index contributed by atoms with van der Waals surface area (Å²) in [6, 6.07) is 8.85. The molecule has 1 saturated heterocycles. The van der Waals surface area contributed by atoms with Crippen LogP contribution >= 0.6 is 0 Å². The van der Waals surface area contributed by atoms with Crippen LogP contribution in [0.1, 0.15) is 48.5 Å². The van der Waals surface area contributed by atoms with Crippen LogP contribution in [-0.4, -0.2) is 23.4 Å². The van der Waals surface area contributed by atoms with Crippen molar-refractivity contribution >= 4 is 0 Å². The van der Waals surface area contributed by atoms with Gasteiger partial charge in [0.05, 0.1) is 6.61 Å². The molecule has 4 heteroatoms. The van der Waals surface area contributed by atoms with Gasteiger partial charge in [-0.3, -0.25) is 0 Å². The highest BCUT2D eigenvalue weighted by atomic mass is 16.5. The SMILES string of the molecule is CCc1ccc(CCCc2nc([C@@H]3CCOC3)no2)cc1. The number of hydrogen-bond donors (Lipinski definition) is 0. The van der Waals surface area contributed by atoms with E-state index < -0.39 is 0 Å². The van der Waals surface area contributed by atoms with Gasteiger partial charge in [0.25, 0.3) is 0 Å². The standard InChI is InChI=1S/C17H22N2O2/c1-2-13-6-8-14(9-7-13)4-3-5-16-18-17(19-21-16)15-10-11-20-12-15/h6-9,15H,2-5,10-12H2,1H3/t15-/m1/s1. The van der Waals surface area contributed by atoms with Crippen molar-refractivity contribution in [2.45, 2.75) is 44.9 Å². The summed E-state index contributed by atoms with van der Waals surface area (Å²) >= 11 is 0. The van der Waals surface area contributed by atoms with Gasteiger partial charge in [0.2, 0.25) is 5.89 Å². The van der Waals surface area contributed by atoms with Gasteiger partial charge in [-0.2, -0.15) is 4.98 Å². The molecule has 1 aromatic heterocycles. The summed E-state index contributed by atoms with van der Waals surface area (Å²) in [4.78, 5) is 4.49. The fourth-order valence-electron chi connectivity index (χ4n) is 2.66. The Balaban J connectivity index is 1.48. The van der Waals surface area contributed by atoms with Crippen LogP contribution in [-0.2, 0) is 24.0 Å². The molecule has 1 aromatic carbocycles. The maximum Gasteiger partial charge on any atom is 0.226 e. The Bertz CT molecular complexity index is 556. The molecule has 0 spiro atoms. The lowest BCUT2D eigenvalue weighted by Crippen LogP contribution is -2.00. The third kappa shape index (κ3) is 3.70. The monoisotopic (exact) mass is 286 g/mol. The van der Waals surface area contributed by atoms with Crippen LogP contribution in [0.3, 0.4) is 0 Å². The Morgan fingerprint density at radius 2 is 1.95 bits per heavy atom. The Labute approximate surface area is 125 Å². The van der Waals surface area contributed by atoms with Crippen LogP contribution in [0.4, 0.5) is 0 Å². The number of aromatic nitrogens is 2. The highest BCUT2D eigenvalue weighted by Gasteiger charge is 2.22. The normalized spacial score (nSPS) is 18.2. The Kier molecular flexibility index (Phi) is 4.65. The van der Waals surface area contributed by atoms with Gasteiger partial charge in [-0.05, 0) is 36.8 Å². The molecular weight excluding hydrogens is 264 g/mol. The van der Waals surface area contributed by atoms with Gasteiger partial charge in [-0.1, -0.05) is 36.3 Å². The molecule has 112 valence electrons. The summed E-state index contributed by atoms with van der Waals surface area (Å²) in [5, 5.41) is 4.08. The molecular formula is C17H22N2O2. The first-order valence-corrected chi connectivity index (χ1v) is 7.83. The summed E-state index contributed by atoms with van der Waals surface area (Å²) in [5.74, 6) is 1.89. The molecule has 1 aliphatic heterocycles. The number of ether oxygens (including phenoxy) is 1. The summed E-state index contributed by atoms with van der Waals surface area (Å²) < 4.78 is 10.7. The van der Waals surface area contributed by atoms with Crippen molar-refractivity contribution in [3.05, 3.63) is 47.1 Å². The fourth-order valence-corrected chi connectivity index (χ4v) is 2.66. The molecule has 21 heavy (non-hydrogen) atoms. The Morgan fingerprint density at radius 1 is 1.14 bits per heavy atom. The molecule has 0 bridgehead atoms. The fraction of sp³-hybridized carbons (Fsp3) is 0.529. The summed E-state index contributed by atoms with van der Waals surface area (Å²) in [7, 11) is 0. The Hall–Kier alpha value is -1.68. The predicted octanol–water partition coefficient (Wildman–Crippen LogP) is 3.31. The lowest BCUT2D eigenvalue weighted by molar-refractivity contribution is 0.192. The third-order valence-corrected chi connectivity index (χ3v) is 4.07. The number of hydrogen-bond acceptors (Lipinski definition) is 4. The van der Waals surface area contributed by atoms with Crippen molar-refractivity contribution in [1.29, 1.82) is 0 Å². The van der Waals surface area contributed by atoms with E-state index in [4.69, 9.17) is 9.26 Å². The van der Waals surface area contributed by atoms with Crippen molar-refractivity contribution in [2.75, 3.05) is 13.2 Å². The van der Waals surface area contributed by atoms with Crippen molar-refractivity contribution in [3.8, 4) is 0 Å². The second kappa shape index (κ2) is 6.85. The van der Waals surface area contributed by atoms with Crippen molar-refractivity contribution < 1.29 is 9.26 Å². The minimum absolute atomic E-state index is 0.323. The molecule has 2 aromatic rings. The second-order valence-electron chi connectivity index (χ2n) is 5.63. The van der Waals surface area contributed by atoms with Crippen LogP contribution in [0.2, 0.25) is 0 Å². The zero-order chi connectivity index (χ0) is 14.5. The van der Waals surface area contributed by atoms with E-state index in [0.717, 1.165) is 57.0 Å². The molecule has 0 unspecified atom stereocenters.